The van der Waals surface area contributed by atoms with Gasteiger partial charge in [-0.25, -0.2) is 0 Å². The Labute approximate surface area is 145 Å². The van der Waals surface area contributed by atoms with Gasteiger partial charge in [0, 0.05) is 11.9 Å². The molecule has 0 unspecified atom stereocenters. The summed E-state index contributed by atoms with van der Waals surface area (Å²) in [6, 6.07) is 13.2. The van der Waals surface area contributed by atoms with Gasteiger partial charge < -0.3 is 14.8 Å². The Morgan fingerprint density at radius 2 is 2.04 bits per heavy atom. The first kappa shape index (κ1) is 15.5. The minimum Gasteiger partial charge on any atom is -0.454 e. The highest BCUT2D eigenvalue weighted by atomic mass is 16.7. The van der Waals surface area contributed by atoms with Crippen molar-refractivity contribution >= 4 is 16.8 Å². The number of nitrogens with one attached hydrogen (secondary N) is 1. The SMILES string of the molecule is Cc1nn([C@@H](C)C(=O)NCc2ccc3c(c2)OCO3)c2ccccc12. The molecule has 2 aromatic carbocycles. The monoisotopic (exact) mass is 337 g/mol. The third-order valence-corrected chi connectivity index (χ3v) is 4.45. The van der Waals surface area contributed by atoms with Gasteiger partial charge in [-0.05, 0) is 37.6 Å². The van der Waals surface area contributed by atoms with Gasteiger partial charge in [0.1, 0.15) is 6.04 Å². The summed E-state index contributed by atoms with van der Waals surface area (Å²) < 4.78 is 12.4. The number of carbonyl (C=O) groups is 1. The average molecular weight is 337 g/mol. The van der Waals surface area contributed by atoms with Crippen LogP contribution < -0.4 is 14.8 Å². The molecule has 0 bridgehead atoms. The molecule has 3 aromatic rings. The zero-order chi connectivity index (χ0) is 17.4. The lowest BCUT2D eigenvalue weighted by Gasteiger charge is -2.14. The van der Waals surface area contributed by atoms with E-state index in [0.717, 1.165) is 27.9 Å². The van der Waals surface area contributed by atoms with E-state index in [1.807, 2.05) is 56.3 Å². The Morgan fingerprint density at radius 1 is 1.24 bits per heavy atom. The first-order valence-corrected chi connectivity index (χ1v) is 8.23. The van der Waals surface area contributed by atoms with Gasteiger partial charge >= 0.3 is 0 Å². The summed E-state index contributed by atoms with van der Waals surface area (Å²) in [5.41, 5.74) is 2.85. The maximum absolute atomic E-state index is 12.6. The molecular formula is C19H19N3O3. The molecule has 25 heavy (non-hydrogen) atoms. The third kappa shape index (κ3) is 2.80. The number of benzene rings is 2. The normalized spacial score (nSPS) is 13.8. The van der Waals surface area contributed by atoms with Crippen LogP contribution >= 0.6 is 0 Å². The van der Waals surface area contributed by atoms with Crippen molar-refractivity contribution in [3.05, 3.63) is 53.7 Å². The van der Waals surface area contributed by atoms with Crippen LogP contribution in [-0.4, -0.2) is 22.5 Å². The molecule has 1 atom stereocenters. The van der Waals surface area contributed by atoms with Crippen molar-refractivity contribution in [3.63, 3.8) is 0 Å². The highest BCUT2D eigenvalue weighted by molar-refractivity contribution is 5.86. The van der Waals surface area contributed by atoms with Gasteiger partial charge in [0.2, 0.25) is 12.7 Å². The van der Waals surface area contributed by atoms with Crippen LogP contribution in [0, 0.1) is 6.92 Å². The van der Waals surface area contributed by atoms with Gasteiger partial charge in [-0.15, -0.1) is 0 Å². The second kappa shape index (κ2) is 6.12. The molecule has 1 aliphatic heterocycles. The van der Waals surface area contributed by atoms with Gasteiger partial charge in [0.25, 0.3) is 0 Å². The molecule has 0 aliphatic carbocycles. The predicted octanol–water partition coefficient (Wildman–Crippen LogP) is 2.95. The average Bonchev–Trinajstić information content (AvgIpc) is 3.23. The number of para-hydroxylation sites is 1. The van der Waals surface area contributed by atoms with Gasteiger partial charge in [0.15, 0.2) is 11.5 Å². The van der Waals surface area contributed by atoms with E-state index < -0.39 is 6.04 Å². The topological polar surface area (TPSA) is 65.4 Å². The number of aromatic nitrogens is 2. The van der Waals surface area contributed by atoms with Crippen LogP contribution in [-0.2, 0) is 11.3 Å². The van der Waals surface area contributed by atoms with Crippen LogP contribution in [0.1, 0.15) is 24.2 Å². The van der Waals surface area contributed by atoms with Crippen LogP contribution in [0.15, 0.2) is 42.5 Å². The molecule has 4 rings (SSSR count). The van der Waals surface area contributed by atoms with Crippen molar-refractivity contribution in [1.82, 2.24) is 15.1 Å². The summed E-state index contributed by atoms with van der Waals surface area (Å²) >= 11 is 0. The van der Waals surface area contributed by atoms with E-state index in [2.05, 4.69) is 10.4 Å². The molecule has 1 amide bonds. The third-order valence-electron chi connectivity index (χ3n) is 4.45. The van der Waals surface area contributed by atoms with Crippen molar-refractivity contribution in [1.29, 1.82) is 0 Å². The van der Waals surface area contributed by atoms with E-state index in [0.29, 0.717) is 12.3 Å². The van der Waals surface area contributed by atoms with Crippen LogP contribution in [0.25, 0.3) is 10.9 Å². The molecule has 0 fully saturated rings. The van der Waals surface area contributed by atoms with Crippen molar-refractivity contribution < 1.29 is 14.3 Å². The summed E-state index contributed by atoms with van der Waals surface area (Å²) in [5.74, 6) is 1.38. The lowest BCUT2D eigenvalue weighted by Crippen LogP contribution is -2.31. The van der Waals surface area contributed by atoms with E-state index in [1.54, 1.807) is 4.68 Å². The first-order chi connectivity index (χ1) is 12.1. The Balaban J connectivity index is 1.49. The number of amides is 1. The predicted molar refractivity (Wildman–Crippen MR) is 93.6 cm³/mol. The summed E-state index contributed by atoms with van der Waals surface area (Å²) in [4.78, 5) is 12.6. The fraction of sp³-hybridized carbons (Fsp3) is 0.263. The number of fused-ring (bicyclic) bond motifs is 2. The van der Waals surface area contributed by atoms with E-state index in [1.165, 1.54) is 0 Å². The quantitative estimate of drug-likeness (QED) is 0.795. The Morgan fingerprint density at radius 3 is 2.92 bits per heavy atom. The van der Waals surface area contributed by atoms with E-state index in [9.17, 15) is 4.79 Å². The van der Waals surface area contributed by atoms with Gasteiger partial charge in [-0.1, -0.05) is 24.3 Å². The summed E-state index contributed by atoms with van der Waals surface area (Å²) in [5, 5.41) is 8.57. The largest absolute Gasteiger partial charge is 0.454 e. The van der Waals surface area contributed by atoms with Gasteiger partial charge in [-0.2, -0.15) is 5.10 Å². The molecule has 1 aliphatic rings. The van der Waals surface area contributed by atoms with Crippen molar-refractivity contribution in [2.24, 2.45) is 0 Å². The van der Waals surface area contributed by atoms with Crippen molar-refractivity contribution in [2.45, 2.75) is 26.4 Å². The van der Waals surface area contributed by atoms with Crippen LogP contribution in [0.2, 0.25) is 0 Å². The highest BCUT2D eigenvalue weighted by Crippen LogP contribution is 2.32. The van der Waals surface area contributed by atoms with E-state index in [-0.39, 0.29) is 12.7 Å². The molecule has 1 aromatic heterocycles. The minimum absolute atomic E-state index is 0.0779. The molecule has 0 saturated heterocycles. The zero-order valence-electron chi connectivity index (χ0n) is 14.2. The summed E-state index contributed by atoms with van der Waals surface area (Å²) in [6.07, 6.45) is 0. The summed E-state index contributed by atoms with van der Waals surface area (Å²) in [7, 11) is 0. The van der Waals surface area contributed by atoms with Gasteiger partial charge in [0.05, 0.1) is 11.2 Å². The second-order valence-corrected chi connectivity index (χ2v) is 6.13. The number of hydrogen-bond donors (Lipinski definition) is 1. The lowest BCUT2D eigenvalue weighted by atomic mass is 10.2. The number of nitrogens with zero attached hydrogens (tertiary/aromatic N) is 2. The molecule has 0 saturated carbocycles. The van der Waals surface area contributed by atoms with Crippen molar-refractivity contribution in [3.8, 4) is 11.5 Å². The first-order valence-electron chi connectivity index (χ1n) is 8.23. The molecule has 0 spiro atoms. The van der Waals surface area contributed by atoms with E-state index in [4.69, 9.17) is 9.47 Å². The maximum Gasteiger partial charge on any atom is 0.244 e. The molecular weight excluding hydrogens is 318 g/mol. The van der Waals surface area contributed by atoms with Crippen molar-refractivity contribution in [2.75, 3.05) is 6.79 Å². The number of ether oxygens (including phenoxy) is 2. The lowest BCUT2D eigenvalue weighted by molar-refractivity contribution is -0.124. The Hall–Kier alpha value is -3.02. The van der Waals surface area contributed by atoms with Gasteiger partial charge in [-0.3, -0.25) is 9.48 Å². The molecule has 6 heteroatoms. The van der Waals surface area contributed by atoms with Crippen LogP contribution in [0.3, 0.4) is 0 Å². The molecule has 128 valence electrons. The Bertz CT molecular complexity index is 948. The maximum atomic E-state index is 12.6. The molecule has 1 N–H and O–H groups in total. The minimum atomic E-state index is -0.396. The smallest absolute Gasteiger partial charge is 0.244 e. The Kier molecular flexibility index (Phi) is 3.80. The standard InChI is InChI=1S/C19H19N3O3/c1-12-15-5-3-4-6-16(15)22(21-12)13(2)19(23)20-10-14-7-8-17-18(9-14)25-11-24-17/h3-9,13H,10-11H2,1-2H3,(H,20,23)/t13-/m0/s1. The fourth-order valence-electron chi connectivity index (χ4n) is 3.04. The fourth-order valence-corrected chi connectivity index (χ4v) is 3.04. The number of aryl methyl sites for hydroxylation is 1. The molecule has 0 radical (unpaired) electrons. The number of hydrogen-bond acceptors (Lipinski definition) is 4. The number of carbonyl (C=O) groups excluding carboxylic acids is 1. The van der Waals surface area contributed by atoms with E-state index >= 15 is 0 Å². The van der Waals surface area contributed by atoms with Crippen LogP contribution in [0.5, 0.6) is 11.5 Å². The highest BCUT2D eigenvalue weighted by Gasteiger charge is 2.19. The number of rotatable bonds is 4. The molecule has 2 heterocycles. The molecule has 6 nitrogen and oxygen atoms in total. The second-order valence-electron chi connectivity index (χ2n) is 6.13. The summed E-state index contributed by atoms with van der Waals surface area (Å²) in [6.45, 7) is 4.48. The zero-order valence-corrected chi connectivity index (χ0v) is 14.2. The van der Waals surface area contributed by atoms with Crippen LogP contribution in [0.4, 0.5) is 0 Å².